The number of nitrogens with zero attached hydrogens (tertiary/aromatic N) is 4. The van der Waals surface area contributed by atoms with E-state index in [-0.39, 0.29) is 23.6 Å². The molecule has 0 saturated carbocycles. The van der Waals surface area contributed by atoms with Gasteiger partial charge in [-0.2, -0.15) is 0 Å². The van der Waals surface area contributed by atoms with E-state index in [1.807, 2.05) is 71.3 Å². The lowest BCUT2D eigenvalue weighted by atomic mass is 10.1. The van der Waals surface area contributed by atoms with Crippen LogP contribution in [0.15, 0.2) is 103 Å². The number of anilines is 2. The van der Waals surface area contributed by atoms with Gasteiger partial charge in [-0.1, -0.05) is 36.4 Å². The summed E-state index contributed by atoms with van der Waals surface area (Å²) in [7, 11) is 0. The first-order valence-corrected chi connectivity index (χ1v) is 12.8. The summed E-state index contributed by atoms with van der Waals surface area (Å²) in [4.78, 5) is 37.9. The average molecular weight is 541 g/mol. The first kappa shape index (κ1) is 25.4. The molecule has 3 aromatic heterocycles. The van der Waals surface area contributed by atoms with E-state index in [9.17, 15) is 14.7 Å². The summed E-state index contributed by atoms with van der Waals surface area (Å²) < 4.78 is 1.93. The largest absolute Gasteiger partial charge is 0.507 e. The van der Waals surface area contributed by atoms with Crippen molar-refractivity contribution in [1.82, 2.24) is 19.5 Å². The van der Waals surface area contributed by atoms with Crippen LogP contribution in [0.1, 0.15) is 15.9 Å². The lowest BCUT2D eigenvalue weighted by Gasteiger charge is -2.12. The Morgan fingerprint density at radius 3 is 2.49 bits per heavy atom. The predicted octanol–water partition coefficient (Wildman–Crippen LogP) is 5.43. The minimum absolute atomic E-state index is 0.0473. The van der Waals surface area contributed by atoms with Crippen LogP contribution >= 0.6 is 0 Å². The van der Waals surface area contributed by atoms with Gasteiger partial charge in [-0.15, -0.1) is 0 Å². The smallest absolute Gasteiger partial charge is 0.228 e. The summed E-state index contributed by atoms with van der Waals surface area (Å²) in [5, 5.41) is 12.6. The number of rotatable bonds is 7. The normalized spacial score (nSPS) is 10.9. The Morgan fingerprint density at radius 2 is 1.73 bits per heavy atom. The molecule has 0 radical (unpaired) electrons. The molecule has 0 fully saturated rings. The topological polar surface area (TPSA) is 136 Å². The molecule has 1 amide bonds. The molecule has 4 N–H and O–H groups in total. The van der Waals surface area contributed by atoms with Gasteiger partial charge < -0.3 is 16.2 Å². The molecule has 0 spiro atoms. The highest BCUT2D eigenvalue weighted by atomic mass is 16.3. The molecule has 200 valence electrons. The second kappa shape index (κ2) is 10.7. The zero-order chi connectivity index (χ0) is 28.3. The van der Waals surface area contributed by atoms with Crippen LogP contribution in [0.3, 0.4) is 0 Å². The minimum Gasteiger partial charge on any atom is -0.507 e. The highest BCUT2D eigenvalue weighted by molar-refractivity contribution is 5.93. The number of nitrogen functional groups attached to an aromatic ring is 1. The number of aromatic hydroxyl groups is 1. The second-order valence-corrected chi connectivity index (χ2v) is 9.40. The maximum Gasteiger partial charge on any atom is 0.228 e. The molecule has 9 heteroatoms. The summed E-state index contributed by atoms with van der Waals surface area (Å²) in [5.41, 5.74) is 12.2. The molecule has 0 saturated heterocycles. The lowest BCUT2D eigenvalue weighted by Crippen LogP contribution is -2.14. The van der Waals surface area contributed by atoms with Gasteiger partial charge in [0, 0.05) is 23.1 Å². The number of benzene rings is 3. The molecule has 0 aliphatic rings. The second-order valence-electron chi connectivity index (χ2n) is 9.40. The van der Waals surface area contributed by atoms with Crippen molar-refractivity contribution >= 4 is 34.9 Å². The number of phenolic OH excluding ortho intramolecular Hbond substituents is 1. The lowest BCUT2D eigenvalue weighted by molar-refractivity contribution is -0.115. The van der Waals surface area contributed by atoms with Crippen molar-refractivity contribution in [3.63, 3.8) is 0 Å². The number of fused-ring (bicyclic) bond motifs is 1. The van der Waals surface area contributed by atoms with Crippen LogP contribution in [0.25, 0.3) is 39.5 Å². The summed E-state index contributed by atoms with van der Waals surface area (Å²) in [6.07, 6.45) is 2.24. The Hall–Kier alpha value is -5.83. The number of aromatic nitrogens is 4. The fraction of sp³-hybridized carbons (Fsp3) is 0.0312. The number of carbonyl (C=O) groups excluding carboxylic acids is 2. The highest BCUT2D eigenvalue weighted by Crippen LogP contribution is 2.32. The van der Waals surface area contributed by atoms with Crippen LogP contribution in [0.2, 0.25) is 0 Å². The van der Waals surface area contributed by atoms with Crippen molar-refractivity contribution in [2.24, 2.45) is 0 Å². The van der Waals surface area contributed by atoms with Crippen molar-refractivity contribution in [2.75, 3.05) is 11.1 Å². The summed E-state index contributed by atoms with van der Waals surface area (Å²) >= 11 is 0. The SMILES string of the molecule is Nc1ncccc1-c1nc2ccc(-c3ccccc3)nc2n1-c1ccc(NC(=O)Cc2ccc(O)c(C=O)c2)cc1. The van der Waals surface area contributed by atoms with Crippen molar-refractivity contribution in [1.29, 1.82) is 0 Å². The van der Waals surface area contributed by atoms with Gasteiger partial charge in [-0.25, -0.2) is 15.0 Å². The maximum absolute atomic E-state index is 12.7. The van der Waals surface area contributed by atoms with Crippen molar-refractivity contribution in [3.8, 4) is 34.1 Å². The summed E-state index contributed by atoms with van der Waals surface area (Å²) in [6.45, 7) is 0. The fourth-order valence-electron chi connectivity index (χ4n) is 4.65. The van der Waals surface area contributed by atoms with Crippen LogP contribution in [0, 0.1) is 0 Å². The number of imidazole rings is 1. The van der Waals surface area contributed by atoms with E-state index in [0.717, 1.165) is 16.9 Å². The molecule has 3 aromatic carbocycles. The number of aldehydes is 1. The van der Waals surface area contributed by atoms with Crippen molar-refractivity contribution < 1.29 is 14.7 Å². The molecule has 0 unspecified atom stereocenters. The van der Waals surface area contributed by atoms with E-state index in [1.165, 1.54) is 12.1 Å². The molecule has 6 aromatic rings. The van der Waals surface area contributed by atoms with Gasteiger partial charge in [0.25, 0.3) is 0 Å². The number of nitrogens with one attached hydrogen (secondary N) is 1. The Bertz CT molecular complexity index is 1900. The van der Waals surface area contributed by atoms with E-state index < -0.39 is 0 Å². The average Bonchev–Trinajstić information content (AvgIpc) is 3.37. The quantitative estimate of drug-likeness (QED) is 0.230. The molecule has 9 nitrogen and oxygen atoms in total. The van der Waals surface area contributed by atoms with Gasteiger partial charge in [0.15, 0.2) is 17.8 Å². The van der Waals surface area contributed by atoms with E-state index in [4.69, 9.17) is 15.7 Å². The predicted molar refractivity (Wildman–Crippen MR) is 158 cm³/mol. The van der Waals surface area contributed by atoms with E-state index in [0.29, 0.717) is 45.9 Å². The molecule has 41 heavy (non-hydrogen) atoms. The van der Waals surface area contributed by atoms with E-state index in [1.54, 1.807) is 24.4 Å². The third-order valence-electron chi connectivity index (χ3n) is 6.65. The Morgan fingerprint density at radius 1 is 0.927 bits per heavy atom. The first-order chi connectivity index (χ1) is 20.0. The number of hydrogen-bond acceptors (Lipinski definition) is 7. The van der Waals surface area contributed by atoms with Crippen LogP contribution in [0.4, 0.5) is 11.5 Å². The molecule has 6 rings (SSSR count). The first-order valence-electron chi connectivity index (χ1n) is 12.8. The maximum atomic E-state index is 12.7. The van der Waals surface area contributed by atoms with Gasteiger partial charge in [-0.05, 0) is 66.2 Å². The minimum atomic E-state index is -0.258. The highest BCUT2D eigenvalue weighted by Gasteiger charge is 2.19. The third-order valence-corrected chi connectivity index (χ3v) is 6.65. The van der Waals surface area contributed by atoms with Crippen molar-refractivity contribution in [3.05, 3.63) is 114 Å². The van der Waals surface area contributed by atoms with Gasteiger partial charge >= 0.3 is 0 Å². The Labute approximate surface area is 235 Å². The Kier molecular flexibility index (Phi) is 6.67. The summed E-state index contributed by atoms with van der Waals surface area (Å²) in [5.74, 6) is 0.567. The molecule has 0 atom stereocenters. The molecule has 0 aliphatic carbocycles. The van der Waals surface area contributed by atoms with E-state index >= 15 is 0 Å². The standard InChI is InChI=1S/C32H24N6O3/c33-30-25(7-4-16-34-30)31-37-27-14-13-26(21-5-2-1-3-6-21)36-32(27)38(31)24-11-9-23(10-12-24)35-29(41)18-20-8-15-28(40)22(17-20)19-39/h1-17,19,40H,18H2,(H2,33,34)(H,35,41). The zero-order valence-corrected chi connectivity index (χ0v) is 21.7. The van der Waals surface area contributed by atoms with Crippen LogP contribution < -0.4 is 11.1 Å². The molecule has 3 heterocycles. The van der Waals surface area contributed by atoms with Crippen LogP contribution in [-0.2, 0) is 11.2 Å². The molecule has 0 bridgehead atoms. The number of amides is 1. The molecular formula is C32H24N6O3. The van der Waals surface area contributed by atoms with Crippen molar-refractivity contribution in [2.45, 2.75) is 6.42 Å². The van der Waals surface area contributed by atoms with Gasteiger partial charge in [-0.3, -0.25) is 14.2 Å². The summed E-state index contributed by atoms with van der Waals surface area (Å²) in [6, 6.07) is 29.3. The molecule has 0 aliphatic heterocycles. The van der Waals surface area contributed by atoms with Gasteiger partial charge in [0.2, 0.25) is 5.91 Å². The van der Waals surface area contributed by atoms with Gasteiger partial charge in [0.1, 0.15) is 17.1 Å². The van der Waals surface area contributed by atoms with Gasteiger partial charge in [0.05, 0.1) is 23.2 Å². The monoisotopic (exact) mass is 540 g/mol. The van der Waals surface area contributed by atoms with Crippen LogP contribution in [0.5, 0.6) is 5.75 Å². The fourth-order valence-corrected chi connectivity index (χ4v) is 4.65. The van der Waals surface area contributed by atoms with Crippen LogP contribution in [-0.4, -0.2) is 36.8 Å². The number of nitrogens with two attached hydrogens (primary N) is 1. The molecular weight excluding hydrogens is 516 g/mol. The van der Waals surface area contributed by atoms with E-state index in [2.05, 4.69) is 10.3 Å². The number of phenols is 1. The number of hydrogen-bond donors (Lipinski definition) is 3. The number of pyridine rings is 2. The third kappa shape index (κ3) is 5.11. The zero-order valence-electron chi connectivity index (χ0n) is 21.7. The number of carbonyl (C=O) groups is 2. The Balaban J connectivity index is 1.35.